The lowest BCUT2D eigenvalue weighted by atomic mass is 10.2. The van der Waals surface area contributed by atoms with Crippen LogP contribution in [0.15, 0.2) is 34.2 Å². The molecule has 0 amide bonds. The molecule has 1 aromatic carbocycles. The van der Waals surface area contributed by atoms with E-state index in [1.807, 2.05) is 38.1 Å². The van der Waals surface area contributed by atoms with Crippen LogP contribution in [0.4, 0.5) is 0 Å². The zero-order valence-electron chi connectivity index (χ0n) is 10.2. The number of nitrogens with zero attached hydrogens (tertiary/aromatic N) is 2. The molecular weight excluding hydrogens is 270 g/mol. The van der Waals surface area contributed by atoms with Gasteiger partial charge in [0.2, 0.25) is 0 Å². The monoisotopic (exact) mass is 283 g/mol. The lowest BCUT2D eigenvalue weighted by molar-refractivity contribution is 0.659. The molecule has 1 unspecified atom stereocenters. The van der Waals surface area contributed by atoms with Gasteiger partial charge in [-0.15, -0.1) is 5.10 Å². The molecule has 1 atom stereocenters. The highest BCUT2D eigenvalue weighted by molar-refractivity contribution is 7.99. The standard InChI is InChI=1S/C12H14ClN3OS/c1-3-16-11(17)14-15-12(16)18-8(2)9-6-4-5-7-10(9)13/h4-8H,3H2,1-2H3,(H,14,17). The summed E-state index contributed by atoms with van der Waals surface area (Å²) < 4.78 is 1.61. The average molecular weight is 284 g/mol. The van der Waals surface area contributed by atoms with Crippen LogP contribution in [0.3, 0.4) is 0 Å². The van der Waals surface area contributed by atoms with Crippen molar-refractivity contribution in [3.8, 4) is 0 Å². The lowest BCUT2D eigenvalue weighted by Crippen LogP contribution is -2.16. The van der Waals surface area contributed by atoms with Crippen LogP contribution in [0, 0.1) is 0 Å². The minimum absolute atomic E-state index is 0.138. The molecule has 0 spiro atoms. The molecule has 1 aromatic heterocycles. The minimum Gasteiger partial charge on any atom is -0.270 e. The normalized spacial score (nSPS) is 12.6. The number of hydrogen-bond donors (Lipinski definition) is 1. The van der Waals surface area contributed by atoms with Crippen LogP contribution in [0.1, 0.15) is 24.7 Å². The molecule has 0 fully saturated rings. The van der Waals surface area contributed by atoms with Gasteiger partial charge in [0.1, 0.15) is 0 Å². The molecule has 4 nitrogen and oxygen atoms in total. The molecule has 0 aliphatic heterocycles. The molecule has 0 aliphatic rings. The van der Waals surface area contributed by atoms with Gasteiger partial charge < -0.3 is 0 Å². The van der Waals surface area contributed by atoms with Gasteiger partial charge in [0, 0.05) is 16.8 Å². The fraction of sp³-hybridized carbons (Fsp3) is 0.333. The number of thioether (sulfide) groups is 1. The first-order valence-corrected chi connectivity index (χ1v) is 6.95. The minimum atomic E-state index is -0.175. The van der Waals surface area contributed by atoms with Crippen molar-refractivity contribution in [1.82, 2.24) is 14.8 Å². The molecule has 2 rings (SSSR count). The van der Waals surface area contributed by atoms with Crippen molar-refractivity contribution in [1.29, 1.82) is 0 Å². The van der Waals surface area contributed by atoms with E-state index in [1.165, 1.54) is 11.8 Å². The molecule has 96 valence electrons. The first-order valence-electron chi connectivity index (χ1n) is 5.69. The maximum absolute atomic E-state index is 11.5. The van der Waals surface area contributed by atoms with Gasteiger partial charge in [-0.3, -0.25) is 4.57 Å². The van der Waals surface area contributed by atoms with E-state index in [1.54, 1.807) is 4.57 Å². The summed E-state index contributed by atoms with van der Waals surface area (Å²) in [5.74, 6) is 0. The molecule has 6 heteroatoms. The number of nitrogens with one attached hydrogen (secondary N) is 1. The second kappa shape index (κ2) is 5.63. The van der Waals surface area contributed by atoms with Crippen LogP contribution in [0.25, 0.3) is 0 Å². The molecule has 0 aliphatic carbocycles. The summed E-state index contributed by atoms with van der Waals surface area (Å²) in [4.78, 5) is 11.5. The summed E-state index contributed by atoms with van der Waals surface area (Å²) in [6.45, 7) is 4.57. The first-order chi connectivity index (χ1) is 8.63. The fourth-order valence-electron chi connectivity index (χ4n) is 1.70. The van der Waals surface area contributed by atoms with Crippen molar-refractivity contribution in [3.05, 3.63) is 45.3 Å². The lowest BCUT2D eigenvalue weighted by Gasteiger charge is -2.12. The van der Waals surface area contributed by atoms with Crippen molar-refractivity contribution in [3.63, 3.8) is 0 Å². The topological polar surface area (TPSA) is 50.7 Å². The van der Waals surface area contributed by atoms with Crippen LogP contribution in [0.5, 0.6) is 0 Å². The highest BCUT2D eigenvalue weighted by Gasteiger charge is 2.15. The Morgan fingerprint density at radius 2 is 2.22 bits per heavy atom. The number of hydrogen-bond acceptors (Lipinski definition) is 3. The van der Waals surface area contributed by atoms with E-state index in [0.717, 1.165) is 10.6 Å². The molecule has 1 heterocycles. The van der Waals surface area contributed by atoms with Crippen molar-refractivity contribution >= 4 is 23.4 Å². The van der Waals surface area contributed by atoms with E-state index in [9.17, 15) is 4.79 Å². The van der Waals surface area contributed by atoms with Crippen molar-refractivity contribution in [2.45, 2.75) is 30.8 Å². The summed E-state index contributed by atoms with van der Waals surface area (Å²) in [5.41, 5.74) is 0.869. The van der Waals surface area contributed by atoms with Crippen LogP contribution in [-0.2, 0) is 6.54 Å². The van der Waals surface area contributed by atoms with Crippen molar-refractivity contribution in [2.75, 3.05) is 0 Å². The molecule has 0 bridgehead atoms. The zero-order chi connectivity index (χ0) is 13.1. The highest BCUT2D eigenvalue weighted by atomic mass is 35.5. The van der Waals surface area contributed by atoms with E-state index >= 15 is 0 Å². The van der Waals surface area contributed by atoms with Crippen LogP contribution < -0.4 is 5.69 Å². The largest absolute Gasteiger partial charge is 0.343 e. The Morgan fingerprint density at radius 1 is 1.50 bits per heavy atom. The van der Waals surface area contributed by atoms with Gasteiger partial charge >= 0.3 is 5.69 Å². The number of rotatable bonds is 4. The van der Waals surface area contributed by atoms with Crippen molar-refractivity contribution in [2.24, 2.45) is 0 Å². The predicted molar refractivity (Wildman–Crippen MR) is 74.2 cm³/mol. The zero-order valence-corrected chi connectivity index (χ0v) is 11.8. The summed E-state index contributed by atoms with van der Waals surface area (Å²) in [5, 5.41) is 8.05. The van der Waals surface area contributed by atoms with E-state index in [4.69, 9.17) is 11.6 Å². The third kappa shape index (κ3) is 2.62. The maximum atomic E-state index is 11.5. The highest BCUT2D eigenvalue weighted by Crippen LogP contribution is 2.36. The van der Waals surface area contributed by atoms with Gasteiger partial charge in [-0.25, -0.2) is 9.89 Å². The van der Waals surface area contributed by atoms with Gasteiger partial charge in [0.15, 0.2) is 5.16 Å². The Kier molecular flexibility index (Phi) is 4.14. The molecule has 0 saturated heterocycles. The predicted octanol–water partition coefficient (Wildman–Crippen LogP) is 3.10. The Labute approximate surface area is 114 Å². The summed E-state index contributed by atoms with van der Waals surface area (Å²) in [6.07, 6.45) is 0. The smallest absolute Gasteiger partial charge is 0.270 e. The first kappa shape index (κ1) is 13.2. The van der Waals surface area contributed by atoms with Gasteiger partial charge in [0.25, 0.3) is 0 Å². The second-order valence-electron chi connectivity index (χ2n) is 3.84. The van der Waals surface area contributed by atoms with E-state index < -0.39 is 0 Å². The van der Waals surface area contributed by atoms with Gasteiger partial charge in [-0.2, -0.15) is 0 Å². The summed E-state index contributed by atoms with van der Waals surface area (Å²) in [6, 6.07) is 7.71. The summed E-state index contributed by atoms with van der Waals surface area (Å²) in [7, 11) is 0. The summed E-state index contributed by atoms with van der Waals surface area (Å²) >= 11 is 7.67. The van der Waals surface area contributed by atoms with E-state index in [2.05, 4.69) is 10.2 Å². The molecule has 0 saturated carbocycles. The van der Waals surface area contributed by atoms with Crippen LogP contribution in [-0.4, -0.2) is 14.8 Å². The third-order valence-corrected chi connectivity index (χ3v) is 4.14. The Bertz CT molecular complexity index is 593. The number of benzene rings is 1. The Balaban J connectivity index is 2.24. The van der Waals surface area contributed by atoms with Gasteiger partial charge in [-0.1, -0.05) is 41.6 Å². The van der Waals surface area contributed by atoms with Crippen LogP contribution in [0.2, 0.25) is 5.02 Å². The van der Waals surface area contributed by atoms with Crippen molar-refractivity contribution < 1.29 is 0 Å². The quantitative estimate of drug-likeness (QED) is 0.877. The van der Waals surface area contributed by atoms with E-state index in [-0.39, 0.29) is 10.9 Å². The fourth-order valence-corrected chi connectivity index (χ4v) is 3.15. The average Bonchev–Trinajstić information content (AvgIpc) is 2.70. The molecule has 0 radical (unpaired) electrons. The Morgan fingerprint density at radius 3 is 2.89 bits per heavy atom. The van der Waals surface area contributed by atoms with Gasteiger partial charge in [0.05, 0.1) is 0 Å². The van der Waals surface area contributed by atoms with E-state index in [0.29, 0.717) is 11.7 Å². The van der Waals surface area contributed by atoms with Gasteiger partial charge in [-0.05, 0) is 25.5 Å². The number of halogens is 1. The number of aromatic amines is 1. The SMILES string of the molecule is CCn1c(SC(C)c2ccccc2Cl)n[nH]c1=O. The third-order valence-electron chi connectivity index (χ3n) is 2.66. The molecule has 2 aromatic rings. The Hall–Kier alpha value is -1.20. The number of H-pyrrole nitrogens is 1. The molecule has 18 heavy (non-hydrogen) atoms. The maximum Gasteiger partial charge on any atom is 0.343 e. The second-order valence-corrected chi connectivity index (χ2v) is 5.55. The van der Waals surface area contributed by atoms with Crippen LogP contribution >= 0.6 is 23.4 Å². The molecule has 1 N–H and O–H groups in total. The molecular formula is C12H14ClN3OS. The number of aromatic nitrogens is 3.